The fourth-order valence-corrected chi connectivity index (χ4v) is 3.55. The zero-order chi connectivity index (χ0) is 17.5. The predicted octanol–water partition coefficient (Wildman–Crippen LogP) is 4.58. The third-order valence-electron chi connectivity index (χ3n) is 4.96. The van der Waals surface area contributed by atoms with E-state index < -0.39 is 0 Å². The molecule has 126 valence electrons. The van der Waals surface area contributed by atoms with Crippen molar-refractivity contribution in [3.8, 4) is 5.75 Å². The average molecular weight is 344 g/mol. The maximum absolute atomic E-state index is 12.7. The minimum Gasteiger partial charge on any atom is -0.496 e. The second-order valence-corrected chi connectivity index (χ2v) is 7.44. The first-order valence-electron chi connectivity index (χ1n) is 8.05. The lowest BCUT2D eigenvalue weighted by molar-refractivity contribution is 0.0943. The van der Waals surface area contributed by atoms with Crippen LogP contribution < -0.4 is 10.1 Å². The summed E-state index contributed by atoms with van der Waals surface area (Å²) >= 11 is 6.03. The van der Waals surface area contributed by atoms with Crippen LogP contribution in [-0.2, 0) is 0 Å². The van der Waals surface area contributed by atoms with Gasteiger partial charge in [0.05, 0.1) is 12.7 Å². The first-order valence-corrected chi connectivity index (χ1v) is 8.43. The Morgan fingerprint density at radius 3 is 2.46 bits per heavy atom. The molecule has 0 aliphatic heterocycles. The van der Waals surface area contributed by atoms with Crippen molar-refractivity contribution < 1.29 is 9.53 Å². The third-order valence-corrected chi connectivity index (χ3v) is 5.19. The van der Waals surface area contributed by atoms with E-state index in [1.165, 1.54) is 11.1 Å². The fourth-order valence-electron chi connectivity index (χ4n) is 3.38. The molecule has 0 heterocycles. The Labute approximate surface area is 148 Å². The van der Waals surface area contributed by atoms with Gasteiger partial charge in [0.15, 0.2) is 0 Å². The molecule has 0 spiro atoms. The highest BCUT2D eigenvalue weighted by Gasteiger charge is 2.59. The molecule has 1 fully saturated rings. The van der Waals surface area contributed by atoms with Gasteiger partial charge in [-0.3, -0.25) is 4.79 Å². The fraction of sp³-hybridized carbons (Fsp3) is 0.350. The van der Waals surface area contributed by atoms with Gasteiger partial charge < -0.3 is 10.1 Å². The van der Waals surface area contributed by atoms with Gasteiger partial charge in [-0.15, -0.1) is 0 Å². The van der Waals surface area contributed by atoms with E-state index in [0.29, 0.717) is 22.3 Å². The van der Waals surface area contributed by atoms with Crippen LogP contribution in [0.4, 0.5) is 0 Å². The number of carbonyl (C=O) groups excluding carboxylic acids is 1. The van der Waals surface area contributed by atoms with Crippen LogP contribution in [0.15, 0.2) is 42.5 Å². The Balaban J connectivity index is 1.80. The monoisotopic (exact) mass is 343 g/mol. The summed E-state index contributed by atoms with van der Waals surface area (Å²) in [5.74, 6) is 0.691. The maximum atomic E-state index is 12.7. The van der Waals surface area contributed by atoms with Gasteiger partial charge in [0.25, 0.3) is 5.91 Å². The van der Waals surface area contributed by atoms with Crippen molar-refractivity contribution >= 4 is 17.5 Å². The number of ether oxygens (including phenoxy) is 1. The van der Waals surface area contributed by atoms with Crippen molar-refractivity contribution in [1.29, 1.82) is 0 Å². The van der Waals surface area contributed by atoms with Crippen LogP contribution in [0.2, 0.25) is 5.02 Å². The van der Waals surface area contributed by atoms with Gasteiger partial charge in [-0.2, -0.15) is 0 Å². The molecule has 0 saturated heterocycles. The van der Waals surface area contributed by atoms with Gasteiger partial charge in [-0.25, -0.2) is 0 Å². The molecule has 0 bridgehead atoms. The third kappa shape index (κ3) is 3.01. The Bertz CT molecular complexity index is 768. The maximum Gasteiger partial charge on any atom is 0.255 e. The molecule has 2 atom stereocenters. The van der Waals surface area contributed by atoms with Gasteiger partial charge in [-0.05, 0) is 36.1 Å². The summed E-state index contributed by atoms with van der Waals surface area (Å²) in [6.45, 7) is 6.43. The minimum absolute atomic E-state index is 0.0245. The van der Waals surface area contributed by atoms with Crippen molar-refractivity contribution in [2.24, 2.45) is 5.41 Å². The van der Waals surface area contributed by atoms with Crippen LogP contribution in [0.25, 0.3) is 0 Å². The van der Waals surface area contributed by atoms with Crippen molar-refractivity contribution in [3.63, 3.8) is 0 Å². The molecule has 1 saturated carbocycles. The first-order chi connectivity index (χ1) is 11.3. The Morgan fingerprint density at radius 2 is 1.83 bits per heavy atom. The molecule has 2 aromatic rings. The summed E-state index contributed by atoms with van der Waals surface area (Å²) < 4.78 is 5.28. The van der Waals surface area contributed by atoms with Crippen LogP contribution in [0.3, 0.4) is 0 Å². The molecule has 0 aromatic heterocycles. The van der Waals surface area contributed by atoms with E-state index >= 15 is 0 Å². The largest absolute Gasteiger partial charge is 0.496 e. The summed E-state index contributed by atoms with van der Waals surface area (Å²) in [6.07, 6.45) is 0. The lowest BCUT2D eigenvalue weighted by Gasteiger charge is -2.10. The van der Waals surface area contributed by atoms with Gasteiger partial charge in [0.2, 0.25) is 0 Å². The number of benzene rings is 2. The molecule has 24 heavy (non-hydrogen) atoms. The Hall–Kier alpha value is -2.00. The van der Waals surface area contributed by atoms with Crippen LogP contribution in [0, 0.1) is 12.3 Å². The van der Waals surface area contributed by atoms with E-state index in [4.69, 9.17) is 16.3 Å². The summed E-state index contributed by atoms with van der Waals surface area (Å²) in [7, 11) is 1.55. The molecule has 2 aromatic carbocycles. The first kappa shape index (κ1) is 16.8. The minimum atomic E-state index is -0.151. The summed E-state index contributed by atoms with van der Waals surface area (Å²) in [6, 6.07) is 13.7. The Kier molecular flexibility index (Phi) is 4.31. The van der Waals surface area contributed by atoms with Crippen molar-refractivity contribution in [2.45, 2.75) is 32.7 Å². The van der Waals surface area contributed by atoms with Crippen molar-refractivity contribution in [3.05, 3.63) is 64.2 Å². The van der Waals surface area contributed by atoms with Crippen LogP contribution in [0.5, 0.6) is 5.75 Å². The topological polar surface area (TPSA) is 38.3 Å². The number of aryl methyl sites for hydroxylation is 1. The van der Waals surface area contributed by atoms with Gasteiger partial charge in [0, 0.05) is 17.0 Å². The highest BCUT2D eigenvalue weighted by Crippen LogP contribution is 2.58. The highest BCUT2D eigenvalue weighted by molar-refractivity contribution is 6.31. The molecular formula is C20H22ClNO2. The number of nitrogens with one attached hydrogen (secondary N) is 1. The smallest absolute Gasteiger partial charge is 0.255 e. The molecule has 1 aliphatic carbocycles. The van der Waals surface area contributed by atoms with E-state index in [-0.39, 0.29) is 17.4 Å². The number of hydrogen-bond donors (Lipinski definition) is 1. The molecule has 1 aliphatic rings. The van der Waals surface area contributed by atoms with Crippen LogP contribution in [-0.4, -0.2) is 19.1 Å². The molecule has 0 unspecified atom stereocenters. The molecule has 0 radical (unpaired) electrons. The van der Waals surface area contributed by atoms with Crippen LogP contribution >= 0.6 is 11.6 Å². The second-order valence-electron chi connectivity index (χ2n) is 7.01. The summed E-state index contributed by atoms with van der Waals surface area (Å²) in [5, 5.41) is 3.67. The highest BCUT2D eigenvalue weighted by atomic mass is 35.5. The lowest BCUT2D eigenvalue weighted by atomic mass is 10.0. The molecular weight excluding hydrogens is 322 g/mol. The number of carbonyl (C=O) groups is 1. The molecule has 1 N–H and O–H groups in total. The summed E-state index contributed by atoms with van der Waals surface area (Å²) in [5.41, 5.74) is 2.99. The normalized spacial score (nSPS) is 21.2. The van der Waals surface area contributed by atoms with Crippen molar-refractivity contribution in [1.82, 2.24) is 5.32 Å². The van der Waals surface area contributed by atoms with E-state index in [9.17, 15) is 4.79 Å². The average Bonchev–Trinajstić information content (AvgIpc) is 3.08. The van der Waals surface area contributed by atoms with Gasteiger partial charge >= 0.3 is 0 Å². The number of amides is 1. The Morgan fingerprint density at radius 1 is 1.17 bits per heavy atom. The number of methoxy groups -OCH3 is 1. The lowest BCUT2D eigenvalue weighted by Crippen LogP contribution is -2.29. The van der Waals surface area contributed by atoms with Crippen molar-refractivity contribution in [2.75, 3.05) is 7.11 Å². The zero-order valence-electron chi connectivity index (χ0n) is 14.4. The van der Waals surface area contributed by atoms with E-state index in [2.05, 4.69) is 50.4 Å². The standard InChI is InChI=1S/C20H22ClNO2/c1-12-5-7-13(8-6-12)17-18(20(17,2)3)22-19(23)15-11-14(21)9-10-16(15)24-4/h5-11,17-18H,1-4H3,(H,22,23)/t17-,18-/m1/s1. The van der Waals surface area contributed by atoms with E-state index in [1.54, 1.807) is 25.3 Å². The number of halogens is 1. The zero-order valence-corrected chi connectivity index (χ0v) is 15.1. The quantitative estimate of drug-likeness (QED) is 0.882. The van der Waals surface area contributed by atoms with E-state index in [1.807, 2.05) is 0 Å². The SMILES string of the molecule is COc1ccc(Cl)cc1C(=O)N[C@@H]1[C@@H](c2ccc(C)cc2)C1(C)C. The molecule has 1 amide bonds. The molecule has 3 rings (SSSR count). The van der Waals surface area contributed by atoms with Gasteiger partial charge in [0.1, 0.15) is 5.75 Å². The van der Waals surface area contributed by atoms with E-state index in [0.717, 1.165) is 0 Å². The second kappa shape index (κ2) is 6.14. The predicted molar refractivity (Wildman–Crippen MR) is 97.0 cm³/mol. The van der Waals surface area contributed by atoms with Crippen LogP contribution in [0.1, 0.15) is 41.3 Å². The molecule has 4 heteroatoms. The summed E-state index contributed by atoms with van der Waals surface area (Å²) in [4.78, 5) is 12.7. The molecule has 3 nitrogen and oxygen atoms in total. The van der Waals surface area contributed by atoms with Gasteiger partial charge in [-0.1, -0.05) is 55.3 Å². The number of hydrogen-bond acceptors (Lipinski definition) is 2. The number of rotatable bonds is 4.